The first-order valence-corrected chi connectivity index (χ1v) is 11.2. The molecule has 1 aromatic heterocycles. The third-order valence-electron chi connectivity index (χ3n) is 4.97. The number of hydrogen-bond acceptors (Lipinski definition) is 4. The maximum absolute atomic E-state index is 13.4. The molecule has 0 aliphatic carbocycles. The predicted molar refractivity (Wildman–Crippen MR) is 114 cm³/mol. The summed E-state index contributed by atoms with van der Waals surface area (Å²) in [6, 6.07) is 12.9. The molecule has 5 nitrogen and oxygen atoms in total. The average Bonchev–Trinajstić information content (AvgIpc) is 2.94. The fourth-order valence-corrected chi connectivity index (χ4v) is 5.91. The van der Waals surface area contributed by atoms with Gasteiger partial charge in [0.2, 0.25) is 10.0 Å². The number of benzene rings is 2. The summed E-state index contributed by atoms with van der Waals surface area (Å²) < 4.78 is 28.3. The van der Waals surface area contributed by atoms with Gasteiger partial charge in [0.1, 0.15) is 0 Å². The minimum absolute atomic E-state index is 0.346. The van der Waals surface area contributed by atoms with Crippen LogP contribution in [0.25, 0.3) is 10.8 Å². The minimum atomic E-state index is -3.61. The molecular formula is C20H19Cl2N3O2S. The number of pyridine rings is 1. The Balaban J connectivity index is 1.64. The Morgan fingerprint density at radius 2 is 1.57 bits per heavy atom. The van der Waals surface area contributed by atoms with E-state index in [4.69, 9.17) is 23.2 Å². The van der Waals surface area contributed by atoms with Crippen LogP contribution in [0.5, 0.6) is 0 Å². The number of halogens is 2. The van der Waals surface area contributed by atoms with E-state index in [1.54, 1.807) is 28.8 Å². The van der Waals surface area contributed by atoms with Gasteiger partial charge in [-0.1, -0.05) is 59.6 Å². The first-order chi connectivity index (χ1) is 13.5. The van der Waals surface area contributed by atoms with E-state index in [0.717, 1.165) is 10.8 Å². The van der Waals surface area contributed by atoms with Crippen LogP contribution in [-0.2, 0) is 10.0 Å². The van der Waals surface area contributed by atoms with Gasteiger partial charge in [0.05, 0.1) is 20.6 Å². The molecule has 8 heteroatoms. The third-order valence-corrected chi connectivity index (χ3v) is 7.48. The number of aromatic nitrogens is 1. The van der Waals surface area contributed by atoms with E-state index >= 15 is 0 Å². The molecule has 0 spiro atoms. The van der Waals surface area contributed by atoms with Gasteiger partial charge >= 0.3 is 0 Å². The molecule has 0 N–H and O–H groups in total. The van der Waals surface area contributed by atoms with Gasteiger partial charge in [-0.2, -0.15) is 4.31 Å². The van der Waals surface area contributed by atoms with Gasteiger partial charge in [-0.3, -0.25) is 4.98 Å². The highest BCUT2D eigenvalue weighted by atomic mass is 35.5. The molecule has 0 radical (unpaired) electrons. The number of anilines is 1. The fourth-order valence-electron chi connectivity index (χ4n) is 3.62. The van der Waals surface area contributed by atoms with E-state index in [9.17, 15) is 8.42 Å². The van der Waals surface area contributed by atoms with Crippen molar-refractivity contribution in [1.29, 1.82) is 0 Å². The highest BCUT2D eigenvalue weighted by Crippen LogP contribution is 2.34. The van der Waals surface area contributed by atoms with Crippen molar-refractivity contribution in [2.75, 3.05) is 31.1 Å². The van der Waals surface area contributed by atoms with Crippen molar-refractivity contribution in [2.24, 2.45) is 0 Å². The van der Waals surface area contributed by atoms with Crippen LogP contribution in [0.4, 0.5) is 5.69 Å². The lowest BCUT2D eigenvalue weighted by Crippen LogP contribution is -2.35. The third kappa shape index (κ3) is 3.57. The Morgan fingerprint density at radius 3 is 2.36 bits per heavy atom. The Morgan fingerprint density at radius 1 is 0.857 bits per heavy atom. The summed E-state index contributed by atoms with van der Waals surface area (Å²) in [5, 5.41) is 2.59. The maximum Gasteiger partial charge on any atom is 0.243 e. The lowest BCUT2D eigenvalue weighted by molar-refractivity contribution is 0.433. The first kappa shape index (κ1) is 19.5. The van der Waals surface area contributed by atoms with Gasteiger partial charge in [-0.15, -0.1) is 0 Å². The summed E-state index contributed by atoms with van der Waals surface area (Å²) >= 11 is 12.6. The molecule has 1 saturated heterocycles. The van der Waals surface area contributed by atoms with Gasteiger partial charge in [0.25, 0.3) is 0 Å². The molecule has 0 saturated carbocycles. The van der Waals surface area contributed by atoms with Crippen molar-refractivity contribution in [1.82, 2.24) is 9.29 Å². The van der Waals surface area contributed by atoms with Crippen LogP contribution >= 0.6 is 23.2 Å². The monoisotopic (exact) mass is 435 g/mol. The maximum atomic E-state index is 13.4. The van der Waals surface area contributed by atoms with Crippen molar-refractivity contribution < 1.29 is 8.42 Å². The second-order valence-corrected chi connectivity index (χ2v) is 9.39. The Labute approximate surface area is 174 Å². The van der Waals surface area contributed by atoms with Crippen LogP contribution in [0.2, 0.25) is 10.0 Å². The van der Waals surface area contributed by atoms with Gasteiger partial charge in [0, 0.05) is 44.0 Å². The second kappa shape index (κ2) is 7.87. The number of nitrogens with zero attached hydrogens (tertiary/aromatic N) is 3. The number of sulfonamides is 1. The zero-order valence-electron chi connectivity index (χ0n) is 15.1. The topological polar surface area (TPSA) is 53.5 Å². The summed E-state index contributed by atoms with van der Waals surface area (Å²) in [4.78, 5) is 6.37. The summed E-state index contributed by atoms with van der Waals surface area (Å²) in [5.74, 6) is 0. The SMILES string of the molecule is O=S(=O)(c1cccc2ccccc12)N1CCCN(c2c(Cl)cncc2Cl)CC1. The summed E-state index contributed by atoms with van der Waals surface area (Å²) in [6.45, 7) is 1.99. The Bertz CT molecular complexity index is 1100. The lowest BCUT2D eigenvalue weighted by Gasteiger charge is -2.25. The summed E-state index contributed by atoms with van der Waals surface area (Å²) in [5.41, 5.74) is 0.711. The normalized spacial score (nSPS) is 16.3. The molecule has 0 atom stereocenters. The molecule has 0 unspecified atom stereocenters. The van der Waals surface area contributed by atoms with E-state index in [-0.39, 0.29) is 0 Å². The number of rotatable bonds is 3. The van der Waals surface area contributed by atoms with Crippen LogP contribution in [0.15, 0.2) is 59.8 Å². The van der Waals surface area contributed by atoms with E-state index in [1.165, 1.54) is 0 Å². The number of hydrogen-bond donors (Lipinski definition) is 0. The van der Waals surface area contributed by atoms with E-state index in [2.05, 4.69) is 4.98 Å². The van der Waals surface area contributed by atoms with Crippen LogP contribution in [-0.4, -0.2) is 43.9 Å². The standard InChI is InChI=1S/C20H19Cl2N3O2S/c21-17-13-23-14-18(22)20(17)24-9-4-10-25(12-11-24)28(26,27)19-8-3-6-15-5-1-2-7-16(15)19/h1-3,5-8,13-14H,4,9-12H2. The van der Waals surface area contributed by atoms with Crippen molar-refractivity contribution >= 4 is 49.7 Å². The van der Waals surface area contributed by atoms with Crippen LogP contribution in [0.3, 0.4) is 0 Å². The molecule has 146 valence electrons. The van der Waals surface area contributed by atoms with Gasteiger partial charge < -0.3 is 4.90 Å². The van der Waals surface area contributed by atoms with Gasteiger partial charge in [-0.05, 0) is 17.9 Å². The van der Waals surface area contributed by atoms with Crippen molar-refractivity contribution in [3.05, 3.63) is 64.9 Å². The highest BCUT2D eigenvalue weighted by Gasteiger charge is 2.29. The van der Waals surface area contributed by atoms with E-state index in [1.807, 2.05) is 35.2 Å². The predicted octanol–water partition coefficient (Wildman–Crippen LogP) is 4.44. The quantitative estimate of drug-likeness (QED) is 0.609. The zero-order chi connectivity index (χ0) is 19.7. The van der Waals surface area contributed by atoms with Crippen LogP contribution in [0, 0.1) is 0 Å². The molecule has 1 fully saturated rings. The fraction of sp³-hybridized carbons (Fsp3) is 0.250. The minimum Gasteiger partial charge on any atom is -0.368 e. The molecular weight excluding hydrogens is 417 g/mol. The summed E-state index contributed by atoms with van der Waals surface area (Å²) in [7, 11) is -3.61. The molecule has 1 aliphatic heterocycles. The van der Waals surface area contributed by atoms with Gasteiger partial charge in [-0.25, -0.2) is 8.42 Å². The molecule has 1 aliphatic rings. The van der Waals surface area contributed by atoms with E-state index in [0.29, 0.717) is 53.2 Å². The lowest BCUT2D eigenvalue weighted by atomic mass is 10.1. The molecule has 2 heterocycles. The van der Waals surface area contributed by atoms with E-state index < -0.39 is 10.0 Å². The zero-order valence-corrected chi connectivity index (χ0v) is 17.4. The average molecular weight is 436 g/mol. The molecule has 0 bridgehead atoms. The molecule has 0 amide bonds. The molecule has 28 heavy (non-hydrogen) atoms. The molecule has 2 aromatic carbocycles. The molecule has 3 aromatic rings. The number of fused-ring (bicyclic) bond motifs is 1. The van der Waals surface area contributed by atoms with Crippen molar-refractivity contribution in [3.8, 4) is 0 Å². The van der Waals surface area contributed by atoms with Gasteiger partial charge in [0.15, 0.2) is 0 Å². The van der Waals surface area contributed by atoms with Crippen molar-refractivity contribution in [3.63, 3.8) is 0 Å². The summed E-state index contributed by atoms with van der Waals surface area (Å²) in [6.07, 6.45) is 3.79. The Hall–Kier alpha value is -1.86. The molecule has 4 rings (SSSR count). The van der Waals surface area contributed by atoms with Crippen LogP contribution < -0.4 is 4.90 Å². The second-order valence-electron chi connectivity index (χ2n) is 6.67. The highest BCUT2D eigenvalue weighted by molar-refractivity contribution is 7.89. The smallest absolute Gasteiger partial charge is 0.243 e. The van der Waals surface area contributed by atoms with Crippen LogP contribution in [0.1, 0.15) is 6.42 Å². The first-order valence-electron chi connectivity index (χ1n) is 9.00. The van der Waals surface area contributed by atoms with Crippen molar-refractivity contribution in [2.45, 2.75) is 11.3 Å². The Kier molecular flexibility index (Phi) is 5.47. The largest absolute Gasteiger partial charge is 0.368 e.